The van der Waals surface area contributed by atoms with Crippen LogP contribution in [0.4, 0.5) is 0 Å². The van der Waals surface area contributed by atoms with E-state index in [1.54, 1.807) is 0 Å². The second-order valence-electron chi connectivity index (χ2n) is 3.65. The van der Waals surface area contributed by atoms with E-state index in [2.05, 4.69) is 21.1 Å². The first kappa shape index (κ1) is 16.3. The van der Waals surface area contributed by atoms with Crippen LogP contribution >= 0.6 is 0 Å². The molecule has 2 amide bonds. The molecule has 0 aromatic heterocycles. The summed E-state index contributed by atoms with van der Waals surface area (Å²) >= 11 is 0. The van der Waals surface area contributed by atoms with E-state index in [0.29, 0.717) is 0 Å². The Labute approximate surface area is 108 Å². The Balaban J connectivity index is 4.32. The van der Waals surface area contributed by atoms with Gasteiger partial charge in [0.1, 0.15) is 0 Å². The molecule has 2 N–H and O–H groups in total. The summed E-state index contributed by atoms with van der Waals surface area (Å²) in [6.07, 6.45) is 2.97. The molecule has 0 saturated heterocycles. The minimum absolute atomic E-state index is 0.742. The molecule has 0 fully saturated rings. The molecule has 0 saturated carbocycles. The number of hydrogen-bond donors (Lipinski definition) is 2. The van der Waals surface area contributed by atoms with Crippen molar-refractivity contribution in [2.75, 3.05) is 0 Å². The Morgan fingerprint density at radius 2 is 1.00 bits per heavy atom. The number of carbonyl (C=O) groups excluding carboxylic acids is 2. The standard InChI is InChI=1S/C12H22N4O2/c1-5-9(6-2)13-15-11(17)12(18)16-14-10(7-3)8-4/h5-8H2,1-4H3,(H,15,17)(H,16,18). The molecule has 0 aliphatic heterocycles. The Hall–Kier alpha value is -1.72. The number of rotatable bonds is 6. The van der Waals surface area contributed by atoms with E-state index in [1.807, 2.05) is 27.7 Å². The van der Waals surface area contributed by atoms with Crippen LogP contribution in [0, 0.1) is 0 Å². The van der Waals surface area contributed by atoms with E-state index in [-0.39, 0.29) is 0 Å². The average molecular weight is 254 g/mol. The Morgan fingerprint density at radius 3 is 1.22 bits per heavy atom. The van der Waals surface area contributed by atoms with Gasteiger partial charge in [-0.3, -0.25) is 9.59 Å². The molecule has 0 aliphatic rings. The third-order valence-electron chi connectivity index (χ3n) is 2.47. The van der Waals surface area contributed by atoms with Crippen LogP contribution in [-0.2, 0) is 9.59 Å². The molecular weight excluding hydrogens is 232 g/mol. The predicted octanol–water partition coefficient (Wildman–Crippen LogP) is 1.57. The van der Waals surface area contributed by atoms with Gasteiger partial charge in [-0.25, -0.2) is 10.9 Å². The minimum atomic E-state index is -0.801. The zero-order valence-electron chi connectivity index (χ0n) is 11.5. The van der Waals surface area contributed by atoms with Crippen LogP contribution < -0.4 is 10.9 Å². The van der Waals surface area contributed by atoms with Crippen molar-refractivity contribution in [1.82, 2.24) is 10.9 Å². The number of carbonyl (C=O) groups is 2. The largest absolute Gasteiger partial charge is 0.331 e. The molecule has 6 heteroatoms. The second kappa shape index (κ2) is 9.32. The van der Waals surface area contributed by atoms with Gasteiger partial charge in [0.15, 0.2) is 0 Å². The van der Waals surface area contributed by atoms with Gasteiger partial charge >= 0.3 is 11.8 Å². The number of hydrazone groups is 2. The van der Waals surface area contributed by atoms with Crippen molar-refractivity contribution in [3.8, 4) is 0 Å². The molecule has 0 aromatic carbocycles. The molecule has 0 bridgehead atoms. The quantitative estimate of drug-likeness (QED) is 0.428. The average Bonchev–Trinajstić information content (AvgIpc) is 2.40. The van der Waals surface area contributed by atoms with E-state index >= 15 is 0 Å². The highest BCUT2D eigenvalue weighted by Gasteiger charge is 2.12. The summed E-state index contributed by atoms with van der Waals surface area (Å²) in [6, 6.07) is 0. The normalized spacial score (nSPS) is 9.33. The van der Waals surface area contributed by atoms with Crippen molar-refractivity contribution in [3.05, 3.63) is 0 Å². The van der Waals surface area contributed by atoms with Gasteiger partial charge in [-0.05, 0) is 25.7 Å². The maximum absolute atomic E-state index is 11.4. The van der Waals surface area contributed by atoms with Crippen molar-refractivity contribution in [2.45, 2.75) is 53.4 Å². The Morgan fingerprint density at radius 1 is 0.722 bits per heavy atom. The first-order valence-electron chi connectivity index (χ1n) is 6.30. The first-order valence-corrected chi connectivity index (χ1v) is 6.30. The second-order valence-corrected chi connectivity index (χ2v) is 3.65. The molecule has 0 aliphatic carbocycles. The van der Waals surface area contributed by atoms with Crippen LogP contribution in [0.5, 0.6) is 0 Å². The topological polar surface area (TPSA) is 82.9 Å². The monoisotopic (exact) mass is 254 g/mol. The highest BCUT2D eigenvalue weighted by atomic mass is 16.2. The molecule has 102 valence electrons. The fraction of sp³-hybridized carbons (Fsp3) is 0.667. The summed E-state index contributed by atoms with van der Waals surface area (Å²) in [4.78, 5) is 22.7. The first-order chi connectivity index (χ1) is 8.58. The summed E-state index contributed by atoms with van der Waals surface area (Å²) in [5.74, 6) is -1.60. The zero-order valence-corrected chi connectivity index (χ0v) is 11.5. The van der Waals surface area contributed by atoms with Crippen molar-refractivity contribution >= 4 is 23.2 Å². The zero-order chi connectivity index (χ0) is 14.0. The molecule has 0 unspecified atom stereocenters. The van der Waals surface area contributed by atoms with E-state index < -0.39 is 11.8 Å². The van der Waals surface area contributed by atoms with Gasteiger partial charge in [-0.15, -0.1) is 0 Å². The Bertz CT molecular complexity index is 302. The Kier molecular flexibility index (Phi) is 8.43. The summed E-state index contributed by atoms with van der Waals surface area (Å²) < 4.78 is 0. The van der Waals surface area contributed by atoms with Gasteiger partial charge in [0.05, 0.1) is 0 Å². The van der Waals surface area contributed by atoms with Crippen molar-refractivity contribution in [1.29, 1.82) is 0 Å². The van der Waals surface area contributed by atoms with E-state index in [4.69, 9.17) is 0 Å². The third-order valence-corrected chi connectivity index (χ3v) is 2.47. The summed E-state index contributed by atoms with van der Waals surface area (Å²) in [6.45, 7) is 7.75. The molecule has 0 radical (unpaired) electrons. The lowest BCUT2D eigenvalue weighted by atomic mass is 10.2. The van der Waals surface area contributed by atoms with Crippen LogP contribution in [0.15, 0.2) is 10.2 Å². The molecule has 0 heterocycles. The molecule has 18 heavy (non-hydrogen) atoms. The summed E-state index contributed by atoms with van der Waals surface area (Å²) in [5.41, 5.74) is 6.09. The van der Waals surface area contributed by atoms with Gasteiger partial charge in [0.25, 0.3) is 0 Å². The fourth-order valence-corrected chi connectivity index (χ4v) is 1.18. The minimum Gasteiger partial charge on any atom is -0.262 e. The highest BCUT2D eigenvalue weighted by molar-refractivity contribution is 6.35. The molecule has 6 nitrogen and oxygen atoms in total. The number of nitrogens with zero attached hydrogens (tertiary/aromatic N) is 2. The van der Waals surface area contributed by atoms with Crippen molar-refractivity contribution in [3.63, 3.8) is 0 Å². The number of nitrogens with one attached hydrogen (secondary N) is 2. The summed E-state index contributed by atoms with van der Waals surface area (Å²) in [7, 11) is 0. The van der Waals surface area contributed by atoms with Gasteiger partial charge in [0.2, 0.25) is 0 Å². The van der Waals surface area contributed by atoms with Gasteiger partial charge < -0.3 is 0 Å². The van der Waals surface area contributed by atoms with Crippen LogP contribution in [0.3, 0.4) is 0 Å². The van der Waals surface area contributed by atoms with Crippen LogP contribution in [-0.4, -0.2) is 23.2 Å². The van der Waals surface area contributed by atoms with Crippen LogP contribution in [0.1, 0.15) is 53.4 Å². The number of amides is 2. The molecule has 0 atom stereocenters. The number of hydrogen-bond acceptors (Lipinski definition) is 4. The SMILES string of the molecule is CCC(CC)=NNC(=O)C(=O)NN=C(CC)CC. The highest BCUT2D eigenvalue weighted by Crippen LogP contribution is 1.91. The smallest absolute Gasteiger partial charge is 0.262 e. The molecule has 0 spiro atoms. The van der Waals surface area contributed by atoms with E-state index in [9.17, 15) is 9.59 Å². The van der Waals surface area contributed by atoms with Gasteiger partial charge in [-0.2, -0.15) is 10.2 Å². The lowest BCUT2D eigenvalue weighted by Crippen LogP contribution is -2.36. The van der Waals surface area contributed by atoms with Crippen molar-refractivity contribution in [2.24, 2.45) is 10.2 Å². The lowest BCUT2D eigenvalue weighted by molar-refractivity contribution is -0.139. The maximum Gasteiger partial charge on any atom is 0.331 e. The molecule has 0 aromatic rings. The van der Waals surface area contributed by atoms with Crippen LogP contribution in [0.25, 0.3) is 0 Å². The van der Waals surface area contributed by atoms with Gasteiger partial charge in [0, 0.05) is 11.4 Å². The molecule has 0 rings (SSSR count). The maximum atomic E-state index is 11.4. The van der Waals surface area contributed by atoms with Gasteiger partial charge in [-0.1, -0.05) is 27.7 Å². The van der Waals surface area contributed by atoms with Crippen LogP contribution in [0.2, 0.25) is 0 Å². The van der Waals surface area contributed by atoms with E-state index in [0.717, 1.165) is 37.1 Å². The lowest BCUT2D eigenvalue weighted by Gasteiger charge is -2.03. The fourth-order valence-electron chi connectivity index (χ4n) is 1.18. The third kappa shape index (κ3) is 6.12. The molecular formula is C12H22N4O2. The van der Waals surface area contributed by atoms with E-state index in [1.165, 1.54) is 0 Å². The predicted molar refractivity (Wildman–Crippen MR) is 72.3 cm³/mol. The van der Waals surface area contributed by atoms with Crippen molar-refractivity contribution < 1.29 is 9.59 Å². The summed E-state index contributed by atoms with van der Waals surface area (Å²) in [5, 5.41) is 7.71.